The van der Waals surface area contributed by atoms with Crippen molar-refractivity contribution in [2.45, 2.75) is 52.4 Å². The molecule has 1 nitrogen and oxygen atoms in total. The van der Waals surface area contributed by atoms with Gasteiger partial charge in [-0.1, -0.05) is 44.9 Å². The molecule has 3 rings (SSSR count). The van der Waals surface area contributed by atoms with Gasteiger partial charge >= 0.3 is 0 Å². The molecule has 0 bridgehead atoms. The third-order valence-corrected chi connectivity index (χ3v) is 5.72. The van der Waals surface area contributed by atoms with E-state index in [9.17, 15) is 0 Å². The summed E-state index contributed by atoms with van der Waals surface area (Å²) in [5, 5.41) is 2.80. The number of nitrogens with two attached hydrogens (primary N) is 1. The van der Waals surface area contributed by atoms with Crippen LogP contribution in [0, 0.1) is 0 Å². The summed E-state index contributed by atoms with van der Waals surface area (Å²) >= 11 is 1.91. The van der Waals surface area contributed by atoms with Crippen LogP contribution in [0.2, 0.25) is 0 Å². The van der Waals surface area contributed by atoms with E-state index in [0.717, 1.165) is 18.5 Å². The molecule has 0 aliphatic heterocycles. The highest BCUT2D eigenvalue weighted by molar-refractivity contribution is 7.26. The Hall–Kier alpha value is -1.54. The van der Waals surface area contributed by atoms with E-state index in [1.807, 2.05) is 11.3 Å². The van der Waals surface area contributed by atoms with E-state index in [1.165, 1.54) is 57.0 Å². The standard InChI is InChI=1S/C20H25NS/c1-3-5-9-14-13-17-15-11-7-8-12-18(15)22-20(17)16(19(14)21)10-6-4-2/h7-8,11-13H,3-6,9-10,21H2,1-2H3. The van der Waals surface area contributed by atoms with Crippen LogP contribution in [0.1, 0.15) is 50.7 Å². The van der Waals surface area contributed by atoms with Crippen molar-refractivity contribution in [1.82, 2.24) is 0 Å². The molecule has 116 valence electrons. The number of rotatable bonds is 6. The van der Waals surface area contributed by atoms with Crippen LogP contribution >= 0.6 is 11.3 Å². The number of unbranched alkanes of at least 4 members (excludes halogenated alkanes) is 2. The molecule has 1 aromatic heterocycles. The molecule has 0 amide bonds. The topological polar surface area (TPSA) is 26.0 Å². The summed E-state index contributed by atoms with van der Waals surface area (Å²) in [6, 6.07) is 11.1. The van der Waals surface area contributed by atoms with Gasteiger partial charge in [0.05, 0.1) is 0 Å². The van der Waals surface area contributed by atoms with Gasteiger partial charge < -0.3 is 5.73 Å². The Morgan fingerprint density at radius 1 is 0.955 bits per heavy atom. The van der Waals surface area contributed by atoms with Crippen LogP contribution in [-0.4, -0.2) is 0 Å². The van der Waals surface area contributed by atoms with E-state index in [2.05, 4.69) is 44.2 Å². The minimum absolute atomic E-state index is 1.06. The number of nitrogen functional groups attached to an aromatic ring is 1. The Kier molecular flexibility index (Phi) is 4.68. The molecule has 2 aromatic carbocycles. The van der Waals surface area contributed by atoms with Gasteiger partial charge in [0.15, 0.2) is 0 Å². The SMILES string of the molecule is CCCCc1cc2c(sc3ccccc32)c(CCCC)c1N. The molecule has 2 heteroatoms. The van der Waals surface area contributed by atoms with Gasteiger partial charge in [-0.15, -0.1) is 11.3 Å². The largest absolute Gasteiger partial charge is 0.398 e. The molecule has 0 fully saturated rings. The first kappa shape index (κ1) is 15.4. The zero-order valence-electron chi connectivity index (χ0n) is 13.6. The summed E-state index contributed by atoms with van der Waals surface area (Å²) in [5.74, 6) is 0. The van der Waals surface area contributed by atoms with Crippen molar-refractivity contribution >= 4 is 37.2 Å². The van der Waals surface area contributed by atoms with Crippen LogP contribution in [0.3, 0.4) is 0 Å². The fourth-order valence-corrected chi connectivity index (χ4v) is 4.45. The van der Waals surface area contributed by atoms with E-state index < -0.39 is 0 Å². The number of hydrogen-bond acceptors (Lipinski definition) is 2. The van der Waals surface area contributed by atoms with E-state index in [1.54, 1.807) is 0 Å². The molecule has 2 N–H and O–H groups in total. The lowest BCUT2D eigenvalue weighted by Crippen LogP contribution is -2.01. The second-order valence-electron chi connectivity index (χ2n) is 6.11. The van der Waals surface area contributed by atoms with E-state index in [4.69, 9.17) is 5.73 Å². The van der Waals surface area contributed by atoms with Crippen LogP contribution in [0.25, 0.3) is 20.2 Å². The minimum atomic E-state index is 1.06. The normalized spacial score (nSPS) is 11.5. The maximum Gasteiger partial charge on any atom is 0.0408 e. The smallest absolute Gasteiger partial charge is 0.0408 e. The second-order valence-corrected chi connectivity index (χ2v) is 7.16. The Morgan fingerprint density at radius 2 is 1.68 bits per heavy atom. The van der Waals surface area contributed by atoms with Crippen molar-refractivity contribution < 1.29 is 0 Å². The molecule has 22 heavy (non-hydrogen) atoms. The Bertz CT molecular complexity index is 785. The first-order chi connectivity index (χ1) is 10.8. The van der Waals surface area contributed by atoms with Crippen molar-refractivity contribution in [1.29, 1.82) is 0 Å². The predicted octanol–water partition coefficient (Wildman–Crippen LogP) is 6.32. The van der Waals surface area contributed by atoms with Crippen LogP contribution < -0.4 is 5.73 Å². The number of fused-ring (bicyclic) bond motifs is 3. The van der Waals surface area contributed by atoms with Crippen LogP contribution in [0.4, 0.5) is 5.69 Å². The summed E-state index contributed by atoms with van der Waals surface area (Å²) in [6.07, 6.45) is 7.06. The van der Waals surface area contributed by atoms with Gasteiger partial charge in [0, 0.05) is 25.9 Å². The number of benzene rings is 2. The first-order valence-electron chi connectivity index (χ1n) is 8.47. The molecule has 0 unspecified atom stereocenters. The molecule has 0 saturated heterocycles. The van der Waals surface area contributed by atoms with Crippen molar-refractivity contribution in [3.05, 3.63) is 41.5 Å². The first-order valence-corrected chi connectivity index (χ1v) is 9.29. The molecule has 0 saturated carbocycles. The number of thiophene rings is 1. The highest BCUT2D eigenvalue weighted by Gasteiger charge is 2.15. The van der Waals surface area contributed by atoms with Gasteiger partial charge in [-0.25, -0.2) is 0 Å². The van der Waals surface area contributed by atoms with E-state index in [-0.39, 0.29) is 0 Å². The van der Waals surface area contributed by atoms with Crippen molar-refractivity contribution in [2.24, 2.45) is 0 Å². The monoisotopic (exact) mass is 311 g/mol. The van der Waals surface area contributed by atoms with Gasteiger partial charge in [0.25, 0.3) is 0 Å². The highest BCUT2D eigenvalue weighted by Crippen LogP contribution is 2.40. The molecule has 0 atom stereocenters. The summed E-state index contributed by atoms with van der Waals surface area (Å²) in [4.78, 5) is 0. The molecule has 0 radical (unpaired) electrons. The molecular formula is C20H25NS. The van der Waals surface area contributed by atoms with E-state index in [0.29, 0.717) is 0 Å². The number of aryl methyl sites for hydroxylation is 2. The van der Waals surface area contributed by atoms with Gasteiger partial charge in [0.2, 0.25) is 0 Å². The lowest BCUT2D eigenvalue weighted by molar-refractivity contribution is 0.787. The highest BCUT2D eigenvalue weighted by atomic mass is 32.1. The van der Waals surface area contributed by atoms with Gasteiger partial charge in [-0.3, -0.25) is 0 Å². The van der Waals surface area contributed by atoms with Crippen molar-refractivity contribution in [3.8, 4) is 0 Å². The maximum atomic E-state index is 6.56. The third kappa shape index (κ3) is 2.72. The number of anilines is 1. The molecule has 0 spiro atoms. The zero-order valence-corrected chi connectivity index (χ0v) is 14.4. The third-order valence-electron chi connectivity index (χ3n) is 4.48. The fraction of sp³-hybridized carbons (Fsp3) is 0.400. The predicted molar refractivity (Wildman–Crippen MR) is 101 cm³/mol. The molecule has 0 aliphatic carbocycles. The van der Waals surface area contributed by atoms with E-state index >= 15 is 0 Å². The maximum absolute atomic E-state index is 6.56. The molecule has 1 heterocycles. The van der Waals surface area contributed by atoms with Crippen molar-refractivity contribution in [2.75, 3.05) is 5.73 Å². The fourth-order valence-electron chi connectivity index (χ4n) is 3.18. The Balaban J connectivity index is 2.23. The lowest BCUT2D eigenvalue weighted by Gasteiger charge is -2.13. The average Bonchev–Trinajstić information content (AvgIpc) is 2.90. The summed E-state index contributed by atoms with van der Waals surface area (Å²) in [5.41, 5.74) is 10.4. The van der Waals surface area contributed by atoms with Crippen LogP contribution in [0.15, 0.2) is 30.3 Å². The summed E-state index contributed by atoms with van der Waals surface area (Å²) < 4.78 is 2.79. The quantitative estimate of drug-likeness (QED) is 0.529. The van der Waals surface area contributed by atoms with Gasteiger partial charge in [-0.2, -0.15) is 0 Å². The van der Waals surface area contributed by atoms with Gasteiger partial charge in [0.1, 0.15) is 0 Å². The van der Waals surface area contributed by atoms with Crippen LogP contribution in [-0.2, 0) is 12.8 Å². The van der Waals surface area contributed by atoms with Crippen LogP contribution in [0.5, 0.6) is 0 Å². The zero-order chi connectivity index (χ0) is 15.5. The van der Waals surface area contributed by atoms with Gasteiger partial charge in [-0.05, 0) is 48.9 Å². The minimum Gasteiger partial charge on any atom is -0.398 e. The molecule has 3 aromatic rings. The summed E-state index contributed by atoms with van der Waals surface area (Å²) in [6.45, 7) is 4.49. The second kappa shape index (κ2) is 6.70. The Morgan fingerprint density at radius 3 is 2.45 bits per heavy atom. The summed E-state index contributed by atoms with van der Waals surface area (Å²) in [7, 11) is 0. The number of hydrogen-bond donors (Lipinski definition) is 1. The van der Waals surface area contributed by atoms with Crippen molar-refractivity contribution in [3.63, 3.8) is 0 Å². The lowest BCUT2D eigenvalue weighted by atomic mass is 9.96. The average molecular weight is 311 g/mol. The Labute approximate surface area is 137 Å². The molecular weight excluding hydrogens is 286 g/mol. The molecule has 0 aliphatic rings.